The van der Waals surface area contributed by atoms with Crippen LogP contribution in [0.3, 0.4) is 0 Å². The molecule has 4 fully saturated rings. The normalized spacial score (nSPS) is 44.5. The first kappa shape index (κ1) is 19.8. The molecule has 0 aromatic carbocycles. The molecule has 152 valence electrons. The summed E-state index contributed by atoms with van der Waals surface area (Å²) in [6.45, 7) is 13.6. The second-order valence-corrected chi connectivity index (χ2v) is 11.3. The predicted octanol–water partition coefficient (Wildman–Crippen LogP) is 8.05. The van der Waals surface area contributed by atoms with Gasteiger partial charge in [0.25, 0.3) is 0 Å². The Kier molecular flexibility index (Phi) is 5.92. The van der Waals surface area contributed by atoms with Gasteiger partial charge in [-0.15, -0.1) is 13.2 Å². The van der Waals surface area contributed by atoms with Crippen molar-refractivity contribution in [1.29, 1.82) is 0 Å². The molecule has 0 aliphatic heterocycles. The topological polar surface area (TPSA) is 0 Å². The van der Waals surface area contributed by atoms with Crippen LogP contribution >= 0.6 is 0 Å². The van der Waals surface area contributed by atoms with Crippen LogP contribution < -0.4 is 0 Å². The maximum absolute atomic E-state index is 4.10. The summed E-state index contributed by atoms with van der Waals surface area (Å²) in [5, 5.41) is 0. The minimum absolute atomic E-state index is 0.520. The van der Waals surface area contributed by atoms with E-state index < -0.39 is 0 Å². The molecule has 4 rings (SSSR count). The summed E-state index contributed by atoms with van der Waals surface area (Å²) < 4.78 is 0. The summed E-state index contributed by atoms with van der Waals surface area (Å²) in [4.78, 5) is 0. The molecule has 8 atom stereocenters. The van der Waals surface area contributed by atoms with Crippen LogP contribution in [0.5, 0.6) is 0 Å². The van der Waals surface area contributed by atoms with Gasteiger partial charge in [0.05, 0.1) is 0 Å². The summed E-state index contributed by atoms with van der Waals surface area (Å²) in [5.74, 6) is 7.83. The third-order valence-electron chi connectivity index (χ3n) is 9.96. The summed E-state index contributed by atoms with van der Waals surface area (Å²) in [5.41, 5.74) is 0.520. The predicted molar refractivity (Wildman–Crippen MR) is 117 cm³/mol. The zero-order chi connectivity index (χ0) is 19.0. The lowest BCUT2D eigenvalue weighted by Crippen LogP contribution is -2.39. The maximum atomic E-state index is 4.10. The van der Waals surface area contributed by atoms with E-state index in [1.807, 2.05) is 0 Å². The molecule has 0 amide bonds. The Balaban J connectivity index is 1.58. The average molecular weight is 369 g/mol. The first-order valence-electron chi connectivity index (χ1n) is 12.3. The average Bonchev–Trinajstić information content (AvgIpc) is 3.23. The Hall–Kier alpha value is -0.520. The minimum Gasteiger partial charge on any atom is -0.103 e. The molecule has 0 nitrogen and oxygen atoms in total. The SMILES string of the molecule is C=CCC1CC(C(C)(C)C2CC(CC=C)C3CCCCC32)C2CCCCC12. The van der Waals surface area contributed by atoms with Crippen molar-refractivity contribution < 1.29 is 0 Å². The second kappa shape index (κ2) is 8.08. The van der Waals surface area contributed by atoms with Crippen LogP contribution in [0.1, 0.15) is 90.9 Å². The zero-order valence-corrected chi connectivity index (χ0v) is 18.2. The zero-order valence-electron chi connectivity index (χ0n) is 18.2. The monoisotopic (exact) mass is 368 g/mol. The standard InChI is InChI=1S/C27H44/c1-5-11-19-17-25(23-15-9-7-13-21(19)23)27(3,4)26-18-20(12-6-2)22-14-8-10-16-24(22)26/h5-6,19-26H,1-2,7-18H2,3-4H3. The molecule has 4 aliphatic rings. The summed E-state index contributed by atoms with van der Waals surface area (Å²) in [7, 11) is 0. The summed E-state index contributed by atoms with van der Waals surface area (Å²) in [6.07, 6.45) is 22.0. The van der Waals surface area contributed by atoms with Crippen molar-refractivity contribution in [1.82, 2.24) is 0 Å². The molecule has 0 aromatic rings. The molecule has 0 radical (unpaired) electrons. The highest BCUT2D eigenvalue weighted by Crippen LogP contribution is 2.63. The first-order valence-corrected chi connectivity index (χ1v) is 12.3. The molecular formula is C27H44. The highest BCUT2D eigenvalue weighted by Gasteiger charge is 2.56. The van der Waals surface area contributed by atoms with Crippen molar-refractivity contribution in [3.63, 3.8) is 0 Å². The van der Waals surface area contributed by atoms with Gasteiger partial charge in [0.2, 0.25) is 0 Å². The number of fused-ring (bicyclic) bond motifs is 2. The Morgan fingerprint density at radius 2 is 1.04 bits per heavy atom. The smallest absolute Gasteiger partial charge is 0.0292 e. The van der Waals surface area contributed by atoms with Crippen LogP contribution in [0.15, 0.2) is 25.3 Å². The van der Waals surface area contributed by atoms with Crippen molar-refractivity contribution in [3.05, 3.63) is 25.3 Å². The lowest BCUT2D eigenvalue weighted by atomic mass is 9.59. The molecule has 0 spiro atoms. The molecule has 4 saturated carbocycles. The Morgan fingerprint density at radius 3 is 1.41 bits per heavy atom. The van der Waals surface area contributed by atoms with Gasteiger partial charge in [0, 0.05) is 0 Å². The Labute approximate surface area is 169 Å². The fourth-order valence-electron chi connectivity index (χ4n) is 8.85. The van der Waals surface area contributed by atoms with Crippen molar-refractivity contribution in [3.8, 4) is 0 Å². The molecule has 0 heterocycles. The van der Waals surface area contributed by atoms with Gasteiger partial charge < -0.3 is 0 Å². The quantitative estimate of drug-likeness (QED) is 0.416. The molecule has 4 aliphatic carbocycles. The highest BCUT2D eigenvalue weighted by molar-refractivity contribution is 5.06. The molecule has 0 bridgehead atoms. The van der Waals surface area contributed by atoms with E-state index in [4.69, 9.17) is 0 Å². The number of hydrogen-bond donors (Lipinski definition) is 0. The van der Waals surface area contributed by atoms with E-state index in [1.54, 1.807) is 0 Å². The number of allylic oxidation sites excluding steroid dienone is 2. The molecule has 0 saturated heterocycles. The van der Waals surface area contributed by atoms with Gasteiger partial charge in [-0.1, -0.05) is 51.7 Å². The van der Waals surface area contributed by atoms with Crippen molar-refractivity contribution in [2.45, 2.75) is 90.9 Å². The van der Waals surface area contributed by atoms with E-state index in [9.17, 15) is 0 Å². The van der Waals surface area contributed by atoms with Crippen molar-refractivity contribution >= 4 is 0 Å². The van der Waals surface area contributed by atoms with Gasteiger partial charge in [-0.25, -0.2) is 0 Å². The van der Waals surface area contributed by atoms with E-state index in [-0.39, 0.29) is 0 Å². The molecule has 27 heavy (non-hydrogen) atoms. The fraction of sp³-hybridized carbons (Fsp3) is 0.852. The van der Waals surface area contributed by atoms with Crippen LogP contribution in [-0.4, -0.2) is 0 Å². The molecule has 0 heteroatoms. The molecular weight excluding hydrogens is 324 g/mol. The van der Waals surface area contributed by atoms with Gasteiger partial charge in [0.1, 0.15) is 0 Å². The first-order chi connectivity index (χ1) is 13.1. The van der Waals surface area contributed by atoms with Gasteiger partial charge in [-0.3, -0.25) is 0 Å². The molecule has 0 aromatic heterocycles. The van der Waals surface area contributed by atoms with Crippen molar-refractivity contribution in [2.75, 3.05) is 0 Å². The molecule has 8 unspecified atom stereocenters. The van der Waals surface area contributed by atoms with Gasteiger partial charge >= 0.3 is 0 Å². The largest absolute Gasteiger partial charge is 0.103 e. The van der Waals surface area contributed by atoms with Crippen molar-refractivity contribution in [2.24, 2.45) is 52.8 Å². The van der Waals surface area contributed by atoms with Crippen LogP contribution in [0.2, 0.25) is 0 Å². The Morgan fingerprint density at radius 1 is 0.667 bits per heavy atom. The summed E-state index contributed by atoms with van der Waals surface area (Å²) >= 11 is 0. The highest BCUT2D eigenvalue weighted by atomic mass is 14.6. The third kappa shape index (κ3) is 3.49. The minimum atomic E-state index is 0.520. The number of rotatable bonds is 6. The lowest BCUT2D eigenvalue weighted by Gasteiger charge is -2.46. The van der Waals surface area contributed by atoms with Gasteiger partial charge in [0.15, 0.2) is 0 Å². The van der Waals surface area contributed by atoms with Crippen LogP contribution in [0.25, 0.3) is 0 Å². The van der Waals surface area contributed by atoms with Crippen LogP contribution in [0.4, 0.5) is 0 Å². The van der Waals surface area contributed by atoms with E-state index in [2.05, 4.69) is 39.2 Å². The lowest BCUT2D eigenvalue weighted by molar-refractivity contribution is 0.0262. The van der Waals surface area contributed by atoms with Gasteiger partial charge in [-0.05, 0) is 104 Å². The summed E-state index contributed by atoms with van der Waals surface area (Å²) in [6, 6.07) is 0. The fourth-order valence-corrected chi connectivity index (χ4v) is 8.85. The van der Waals surface area contributed by atoms with E-state index >= 15 is 0 Å². The maximum Gasteiger partial charge on any atom is -0.0292 e. The number of hydrogen-bond acceptors (Lipinski definition) is 0. The van der Waals surface area contributed by atoms with E-state index in [1.165, 1.54) is 77.0 Å². The second-order valence-electron chi connectivity index (χ2n) is 11.3. The van der Waals surface area contributed by atoms with Crippen LogP contribution in [-0.2, 0) is 0 Å². The van der Waals surface area contributed by atoms with Crippen LogP contribution in [0, 0.1) is 52.8 Å². The van der Waals surface area contributed by atoms with Gasteiger partial charge in [-0.2, -0.15) is 0 Å². The molecule has 0 N–H and O–H groups in total. The Bertz CT molecular complexity index is 482. The van der Waals surface area contributed by atoms with E-state index in [0.29, 0.717) is 5.41 Å². The van der Waals surface area contributed by atoms with E-state index in [0.717, 1.165) is 47.3 Å². The third-order valence-corrected chi connectivity index (χ3v) is 9.96.